The molecule has 0 saturated heterocycles. The number of nitrogens with one attached hydrogen (secondary N) is 1. The van der Waals surface area contributed by atoms with E-state index in [1.165, 1.54) is 6.42 Å². The van der Waals surface area contributed by atoms with Gasteiger partial charge >= 0.3 is 5.97 Å². The average Bonchev–Trinajstić information content (AvgIpc) is 2.16. The van der Waals surface area contributed by atoms with E-state index in [0.29, 0.717) is 18.8 Å². The Kier molecular flexibility index (Phi) is 5.17. The highest BCUT2D eigenvalue weighted by molar-refractivity contribution is 5.83. The third kappa shape index (κ3) is 5.52. The lowest BCUT2D eigenvalue weighted by Crippen LogP contribution is -2.42. The van der Waals surface area contributed by atoms with Crippen LogP contribution >= 0.6 is 0 Å². The Morgan fingerprint density at radius 1 is 1.33 bits per heavy atom. The highest BCUT2D eigenvalue weighted by atomic mass is 16.4. The first-order chi connectivity index (χ1) is 8.28. The molecule has 1 amide bonds. The van der Waals surface area contributed by atoms with Crippen LogP contribution in [0.4, 0.5) is 0 Å². The Morgan fingerprint density at radius 3 is 2.33 bits per heavy atom. The number of carbonyl (C=O) groups excluding carboxylic acids is 1. The van der Waals surface area contributed by atoms with E-state index in [-0.39, 0.29) is 11.3 Å². The monoisotopic (exact) mass is 255 g/mol. The molecule has 4 nitrogen and oxygen atoms in total. The Hall–Kier alpha value is -1.06. The van der Waals surface area contributed by atoms with Gasteiger partial charge in [0.2, 0.25) is 5.91 Å². The number of hydrogen-bond donors (Lipinski definition) is 2. The van der Waals surface area contributed by atoms with Crippen molar-refractivity contribution in [3.05, 3.63) is 0 Å². The molecule has 1 aliphatic rings. The van der Waals surface area contributed by atoms with Crippen molar-refractivity contribution in [3.8, 4) is 0 Å². The smallest absolute Gasteiger partial charge is 0.326 e. The summed E-state index contributed by atoms with van der Waals surface area (Å²) in [5.41, 5.74) is 0.0897. The maximum absolute atomic E-state index is 11.7. The number of aliphatic carboxylic acids is 1. The minimum atomic E-state index is -0.929. The van der Waals surface area contributed by atoms with Gasteiger partial charge in [-0.1, -0.05) is 27.2 Å². The van der Waals surface area contributed by atoms with Gasteiger partial charge in [-0.25, -0.2) is 4.79 Å². The lowest BCUT2D eigenvalue weighted by molar-refractivity contribution is -0.142. The van der Waals surface area contributed by atoms with Gasteiger partial charge in [0.15, 0.2) is 0 Å². The summed E-state index contributed by atoms with van der Waals surface area (Å²) >= 11 is 0. The number of carboxylic acid groups (broad SMARTS) is 1. The van der Waals surface area contributed by atoms with Gasteiger partial charge in [-0.2, -0.15) is 0 Å². The van der Waals surface area contributed by atoms with Crippen LogP contribution in [0.3, 0.4) is 0 Å². The van der Waals surface area contributed by atoms with Crippen molar-refractivity contribution >= 4 is 11.9 Å². The zero-order chi connectivity index (χ0) is 13.8. The molecule has 1 aliphatic carbocycles. The molecule has 104 valence electrons. The maximum atomic E-state index is 11.7. The van der Waals surface area contributed by atoms with Crippen LogP contribution in [-0.2, 0) is 9.59 Å². The summed E-state index contributed by atoms with van der Waals surface area (Å²) < 4.78 is 0. The van der Waals surface area contributed by atoms with Crippen LogP contribution < -0.4 is 5.32 Å². The van der Waals surface area contributed by atoms with E-state index >= 15 is 0 Å². The molecule has 2 N–H and O–H groups in total. The fourth-order valence-electron chi connectivity index (χ4n) is 2.05. The first-order valence-corrected chi connectivity index (χ1v) is 6.80. The molecule has 1 fully saturated rings. The van der Waals surface area contributed by atoms with Crippen molar-refractivity contribution in [3.63, 3.8) is 0 Å². The largest absolute Gasteiger partial charge is 0.480 e. The molecule has 1 atom stereocenters. The number of rotatable bonds is 6. The van der Waals surface area contributed by atoms with E-state index in [2.05, 4.69) is 26.1 Å². The fraction of sp³-hybridized carbons (Fsp3) is 0.857. The van der Waals surface area contributed by atoms with Crippen molar-refractivity contribution in [1.29, 1.82) is 0 Å². The van der Waals surface area contributed by atoms with E-state index < -0.39 is 12.0 Å². The molecule has 0 aromatic heterocycles. The Balaban J connectivity index is 2.36. The van der Waals surface area contributed by atoms with Crippen molar-refractivity contribution in [2.45, 2.75) is 65.3 Å². The number of amides is 1. The van der Waals surface area contributed by atoms with Gasteiger partial charge in [-0.3, -0.25) is 4.79 Å². The minimum Gasteiger partial charge on any atom is -0.480 e. The zero-order valence-corrected chi connectivity index (χ0v) is 11.7. The summed E-state index contributed by atoms with van der Waals surface area (Å²) in [5.74, 6) is -0.565. The van der Waals surface area contributed by atoms with Crippen LogP contribution in [0, 0.1) is 11.3 Å². The van der Waals surface area contributed by atoms with E-state index in [1.807, 2.05) is 0 Å². The molecular formula is C14H25NO3. The van der Waals surface area contributed by atoms with E-state index in [1.54, 1.807) is 0 Å². The third-order valence-electron chi connectivity index (χ3n) is 3.52. The summed E-state index contributed by atoms with van der Waals surface area (Å²) in [4.78, 5) is 22.8. The summed E-state index contributed by atoms with van der Waals surface area (Å²) in [6.07, 6.45) is 5.17. The standard InChI is InChI=1S/C14H25NO3/c1-14(2,3)8-7-11(13(17)18)15-12(16)9-10-5-4-6-10/h10-11H,4-9H2,1-3H3,(H,15,16)(H,17,18). The molecule has 0 aromatic carbocycles. The number of carboxylic acids is 1. The van der Waals surface area contributed by atoms with Crippen LogP contribution in [0.15, 0.2) is 0 Å². The van der Waals surface area contributed by atoms with Gasteiger partial charge in [-0.15, -0.1) is 0 Å². The molecule has 0 heterocycles. The fourth-order valence-corrected chi connectivity index (χ4v) is 2.05. The molecule has 1 unspecified atom stereocenters. The number of carbonyl (C=O) groups is 2. The summed E-state index contributed by atoms with van der Waals surface area (Å²) in [5, 5.41) is 11.8. The van der Waals surface area contributed by atoms with Gasteiger partial charge in [0.1, 0.15) is 6.04 Å². The van der Waals surface area contributed by atoms with Crippen molar-refractivity contribution in [1.82, 2.24) is 5.32 Å². The molecule has 0 aliphatic heterocycles. The SMILES string of the molecule is CC(C)(C)CCC(NC(=O)CC1CCC1)C(=O)O. The predicted octanol–water partition coefficient (Wildman–Crippen LogP) is 2.57. The Labute approximate surface area is 109 Å². The van der Waals surface area contributed by atoms with Gasteiger partial charge < -0.3 is 10.4 Å². The summed E-state index contributed by atoms with van der Waals surface area (Å²) in [7, 11) is 0. The Bertz CT molecular complexity index is 303. The molecule has 4 heteroatoms. The predicted molar refractivity (Wildman–Crippen MR) is 70.2 cm³/mol. The van der Waals surface area contributed by atoms with E-state index in [4.69, 9.17) is 5.11 Å². The quantitative estimate of drug-likeness (QED) is 0.766. The van der Waals surface area contributed by atoms with Crippen molar-refractivity contribution in [2.75, 3.05) is 0 Å². The first kappa shape index (κ1) is 15.0. The molecule has 18 heavy (non-hydrogen) atoms. The average molecular weight is 255 g/mol. The topological polar surface area (TPSA) is 66.4 Å². The van der Waals surface area contributed by atoms with Crippen LogP contribution in [0.25, 0.3) is 0 Å². The lowest BCUT2D eigenvalue weighted by Gasteiger charge is -2.26. The van der Waals surface area contributed by atoms with Crippen molar-refractivity contribution < 1.29 is 14.7 Å². The molecule has 0 aromatic rings. The van der Waals surface area contributed by atoms with Gasteiger partial charge in [0.05, 0.1) is 0 Å². The molecule has 1 saturated carbocycles. The minimum absolute atomic E-state index is 0.0897. The van der Waals surface area contributed by atoms with Crippen molar-refractivity contribution in [2.24, 2.45) is 11.3 Å². The molecule has 0 bridgehead atoms. The Morgan fingerprint density at radius 2 is 1.94 bits per heavy atom. The van der Waals surface area contributed by atoms with Crippen LogP contribution in [0.5, 0.6) is 0 Å². The lowest BCUT2D eigenvalue weighted by atomic mass is 9.82. The molecule has 0 radical (unpaired) electrons. The van der Waals surface area contributed by atoms with Gasteiger partial charge in [-0.05, 0) is 37.0 Å². The first-order valence-electron chi connectivity index (χ1n) is 6.80. The highest BCUT2D eigenvalue weighted by Crippen LogP contribution is 2.29. The molecule has 1 rings (SSSR count). The van der Waals surface area contributed by atoms with Crippen LogP contribution in [0.1, 0.15) is 59.3 Å². The maximum Gasteiger partial charge on any atom is 0.326 e. The van der Waals surface area contributed by atoms with E-state index in [9.17, 15) is 9.59 Å². The zero-order valence-electron chi connectivity index (χ0n) is 11.7. The second-order valence-corrected chi connectivity index (χ2v) is 6.56. The summed E-state index contributed by atoms with van der Waals surface area (Å²) in [6, 6.07) is -0.739. The molecule has 0 spiro atoms. The van der Waals surface area contributed by atoms with Gasteiger partial charge in [0.25, 0.3) is 0 Å². The normalized spacial score (nSPS) is 17.9. The third-order valence-corrected chi connectivity index (χ3v) is 3.52. The second-order valence-electron chi connectivity index (χ2n) is 6.56. The summed E-state index contributed by atoms with van der Waals surface area (Å²) in [6.45, 7) is 6.21. The molecular weight excluding hydrogens is 230 g/mol. The highest BCUT2D eigenvalue weighted by Gasteiger charge is 2.25. The number of hydrogen-bond acceptors (Lipinski definition) is 2. The van der Waals surface area contributed by atoms with Gasteiger partial charge in [0, 0.05) is 6.42 Å². The van der Waals surface area contributed by atoms with Crippen LogP contribution in [0.2, 0.25) is 0 Å². The van der Waals surface area contributed by atoms with Crippen LogP contribution in [-0.4, -0.2) is 23.0 Å². The second kappa shape index (κ2) is 6.21. The van der Waals surface area contributed by atoms with E-state index in [0.717, 1.165) is 19.3 Å².